The fraction of sp³-hybridized carbons (Fsp3) is 0.944. The maximum Gasteiger partial charge on any atom is 0.0894 e. The average Bonchev–Trinajstić information content (AvgIpc) is 3.00. The van der Waals surface area contributed by atoms with Crippen LogP contribution in [0.1, 0.15) is 168 Å². The van der Waals surface area contributed by atoms with Gasteiger partial charge >= 0.3 is 0 Å². The maximum atomic E-state index is 9.86. The van der Waals surface area contributed by atoms with Crippen LogP contribution < -0.4 is 11.5 Å². The van der Waals surface area contributed by atoms with Gasteiger partial charge in [-0.3, -0.25) is 0 Å². The highest BCUT2D eigenvalue weighted by atomic mass is 16.3. The topological polar surface area (TPSA) is 133 Å². The molecule has 2 unspecified atom stereocenters. The number of hydrogen-bond donors (Lipinski definition) is 6. The molecule has 0 aliphatic rings. The summed E-state index contributed by atoms with van der Waals surface area (Å²) in [4.78, 5) is 0. The predicted molar refractivity (Wildman–Crippen MR) is 180 cm³/mol. The van der Waals surface area contributed by atoms with Gasteiger partial charge in [0.1, 0.15) is 0 Å². The second-order valence-electron chi connectivity index (χ2n) is 13.1. The Morgan fingerprint density at radius 2 is 0.952 bits per heavy atom. The van der Waals surface area contributed by atoms with Crippen molar-refractivity contribution in [2.45, 2.75) is 192 Å². The van der Waals surface area contributed by atoms with Gasteiger partial charge in [0.25, 0.3) is 0 Å². The molecule has 0 radical (unpaired) electrons. The molecule has 6 heteroatoms. The van der Waals surface area contributed by atoms with E-state index in [1.165, 1.54) is 122 Å². The lowest BCUT2D eigenvalue weighted by Gasteiger charge is -2.27. The zero-order valence-corrected chi connectivity index (χ0v) is 27.9. The summed E-state index contributed by atoms with van der Waals surface area (Å²) in [5, 5.41) is 37.6. The minimum absolute atomic E-state index is 0.140. The van der Waals surface area contributed by atoms with Gasteiger partial charge in [-0.1, -0.05) is 161 Å². The molecule has 0 saturated heterocycles. The lowest BCUT2D eigenvalue weighted by molar-refractivity contribution is 0.0990. The Balaban J connectivity index is 4.00. The fourth-order valence-electron chi connectivity index (χ4n) is 6.24. The smallest absolute Gasteiger partial charge is 0.0894 e. The standard InChI is InChI=1S/C36H74N2O4/c1-3-5-19-25-32(26-21-16-12-10-14-18-23-28-36(42)34(38)30-40)31(4-2)24-20-15-11-8-6-7-9-13-17-22-27-35(41)33(37)29-39/h22,27,31-36,39-42H,3-21,23-26,28-30,37-38H2,1-2H3/b27-22+/t31?,32?,33-,34-,35+,36+/m1/s1. The van der Waals surface area contributed by atoms with Gasteiger partial charge < -0.3 is 31.9 Å². The van der Waals surface area contributed by atoms with Crippen molar-refractivity contribution in [3.05, 3.63) is 12.2 Å². The van der Waals surface area contributed by atoms with Gasteiger partial charge in [-0.2, -0.15) is 0 Å². The molecule has 0 amide bonds. The largest absolute Gasteiger partial charge is 0.395 e. The molecule has 0 bridgehead atoms. The van der Waals surface area contributed by atoms with E-state index in [4.69, 9.17) is 21.7 Å². The van der Waals surface area contributed by atoms with Crippen molar-refractivity contribution >= 4 is 0 Å². The minimum atomic E-state index is -0.743. The van der Waals surface area contributed by atoms with Crippen LogP contribution in [-0.4, -0.2) is 57.9 Å². The van der Waals surface area contributed by atoms with Gasteiger partial charge in [0.05, 0.1) is 37.5 Å². The lowest BCUT2D eigenvalue weighted by Crippen LogP contribution is -2.37. The van der Waals surface area contributed by atoms with Crippen molar-refractivity contribution in [2.75, 3.05) is 13.2 Å². The number of hydrogen-bond acceptors (Lipinski definition) is 6. The van der Waals surface area contributed by atoms with Crippen molar-refractivity contribution in [3.63, 3.8) is 0 Å². The molecule has 0 aromatic rings. The Kier molecular flexibility index (Phi) is 30.2. The third-order valence-corrected chi connectivity index (χ3v) is 9.33. The highest BCUT2D eigenvalue weighted by Crippen LogP contribution is 2.32. The van der Waals surface area contributed by atoms with Crippen molar-refractivity contribution in [1.29, 1.82) is 0 Å². The summed E-state index contributed by atoms with van der Waals surface area (Å²) >= 11 is 0. The number of allylic oxidation sites excluding steroid dienone is 1. The number of aliphatic hydroxyl groups is 4. The maximum absolute atomic E-state index is 9.86. The Morgan fingerprint density at radius 3 is 1.43 bits per heavy atom. The third kappa shape index (κ3) is 23.9. The molecule has 42 heavy (non-hydrogen) atoms. The van der Waals surface area contributed by atoms with Crippen LogP contribution in [0.3, 0.4) is 0 Å². The first-order valence-electron chi connectivity index (χ1n) is 18.2. The van der Waals surface area contributed by atoms with Crippen LogP contribution in [0.25, 0.3) is 0 Å². The van der Waals surface area contributed by atoms with Crippen molar-refractivity contribution in [1.82, 2.24) is 0 Å². The van der Waals surface area contributed by atoms with Crippen LogP contribution in [-0.2, 0) is 0 Å². The van der Waals surface area contributed by atoms with E-state index < -0.39 is 24.3 Å². The molecule has 0 saturated carbocycles. The lowest BCUT2D eigenvalue weighted by atomic mass is 9.79. The molecule has 0 aliphatic carbocycles. The number of unbranched alkanes of at least 4 members (excludes halogenated alkanes) is 16. The normalized spacial score (nSPS) is 16.5. The van der Waals surface area contributed by atoms with E-state index in [9.17, 15) is 10.2 Å². The molecular formula is C36H74N2O4. The second kappa shape index (κ2) is 30.5. The van der Waals surface area contributed by atoms with Crippen LogP contribution in [0.5, 0.6) is 0 Å². The zero-order valence-electron chi connectivity index (χ0n) is 27.9. The van der Waals surface area contributed by atoms with E-state index in [0.717, 1.165) is 37.5 Å². The van der Waals surface area contributed by atoms with E-state index in [1.807, 2.05) is 6.08 Å². The Labute approximate surface area is 261 Å². The molecule has 8 N–H and O–H groups in total. The molecule has 252 valence electrons. The zero-order chi connectivity index (χ0) is 31.3. The summed E-state index contributed by atoms with van der Waals surface area (Å²) in [6.45, 7) is 4.40. The molecule has 0 heterocycles. The third-order valence-electron chi connectivity index (χ3n) is 9.33. The van der Waals surface area contributed by atoms with Gasteiger partial charge in [-0.05, 0) is 31.1 Å². The first-order chi connectivity index (χ1) is 20.4. The molecule has 0 rings (SSSR count). The average molecular weight is 599 g/mol. The Hall–Kier alpha value is -0.500. The molecule has 0 fully saturated rings. The number of aliphatic hydroxyl groups excluding tert-OH is 4. The Bertz CT molecular complexity index is 577. The molecule has 6 atom stereocenters. The monoisotopic (exact) mass is 599 g/mol. The van der Waals surface area contributed by atoms with E-state index in [0.29, 0.717) is 6.42 Å². The molecular weight excluding hydrogens is 524 g/mol. The van der Waals surface area contributed by atoms with Crippen LogP contribution in [0.15, 0.2) is 12.2 Å². The highest BCUT2D eigenvalue weighted by molar-refractivity contribution is 4.93. The van der Waals surface area contributed by atoms with Gasteiger partial charge in [-0.15, -0.1) is 0 Å². The van der Waals surface area contributed by atoms with Gasteiger partial charge in [-0.25, -0.2) is 0 Å². The second-order valence-corrected chi connectivity index (χ2v) is 13.1. The molecule has 0 spiro atoms. The number of nitrogens with two attached hydrogens (primary N) is 2. The summed E-state index contributed by atoms with van der Waals surface area (Å²) in [5.41, 5.74) is 11.3. The Morgan fingerprint density at radius 1 is 0.524 bits per heavy atom. The van der Waals surface area contributed by atoms with Crippen molar-refractivity contribution < 1.29 is 20.4 Å². The minimum Gasteiger partial charge on any atom is -0.395 e. The fourth-order valence-corrected chi connectivity index (χ4v) is 6.24. The molecule has 6 nitrogen and oxygen atoms in total. The molecule has 0 aromatic carbocycles. The first kappa shape index (κ1) is 41.5. The first-order valence-corrected chi connectivity index (χ1v) is 18.2. The summed E-state index contributed by atoms with van der Waals surface area (Å²) in [6.07, 6.45) is 33.0. The van der Waals surface area contributed by atoms with E-state index >= 15 is 0 Å². The highest BCUT2D eigenvalue weighted by Gasteiger charge is 2.19. The van der Waals surface area contributed by atoms with Gasteiger partial charge in [0.15, 0.2) is 0 Å². The van der Waals surface area contributed by atoms with Gasteiger partial charge in [0.2, 0.25) is 0 Å². The van der Waals surface area contributed by atoms with E-state index in [1.54, 1.807) is 6.08 Å². The van der Waals surface area contributed by atoms with Crippen molar-refractivity contribution in [2.24, 2.45) is 23.3 Å². The summed E-state index contributed by atoms with van der Waals surface area (Å²) in [7, 11) is 0. The molecule has 0 aromatic heterocycles. The molecule has 0 aliphatic heterocycles. The van der Waals surface area contributed by atoms with E-state index in [-0.39, 0.29) is 13.2 Å². The van der Waals surface area contributed by atoms with Crippen LogP contribution in [0.4, 0.5) is 0 Å². The van der Waals surface area contributed by atoms with Crippen LogP contribution in [0, 0.1) is 11.8 Å². The summed E-state index contributed by atoms with van der Waals surface area (Å²) in [6, 6.07) is -1.07. The summed E-state index contributed by atoms with van der Waals surface area (Å²) < 4.78 is 0. The van der Waals surface area contributed by atoms with Crippen LogP contribution in [0.2, 0.25) is 0 Å². The predicted octanol–water partition coefficient (Wildman–Crippen LogP) is 7.54. The van der Waals surface area contributed by atoms with Crippen molar-refractivity contribution in [3.8, 4) is 0 Å². The SMILES string of the molecule is CCCCCC(CCCCCCCCC[C@H](O)[C@H](N)CO)C(CC)CCCCCCCCCC/C=C/[C@H](O)[C@H](N)CO. The van der Waals surface area contributed by atoms with Gasteiger partial charge in [0, 0.05) is 0 Å². The van der Waals surface area contributed by atoms with Crippen LogP contribution >= 0.6 is 0 Å². The van der Waals surface area contributed by atoms with E-state index in [2.05, 4.69) is 13.8 Å². The number of rotatable bonds is 32. The summed E-state index contributed by atoms with van der Waals surface area (Å²) in [5.74, 6) is 1.81. The quantitative estimate of drug-likeness (QED) is 0.0350.